The molecular formula is C16H20N2. The van der Waals surface area contributed by atoms with Gasteiger partial charge in [-0.15, -0.1) is 0 Å². The maximum atomic E-state index is 2.19. The van der Waals surface area contributed by atoms with Gasteiger partial charge in [-0.1, -0.05) is 24.3 Å². The van der Waals surface area contributed by atoms with E-state index in [4.69, 9.17) is 0 Å². The van der Waals surface area contributed by atoms with E-state index >= 15 is 0 Å². The van der Waals surface area contributed by atoms with Crippen LogP contribution in [0.25, 0.3) is 0 Å². The Balaban J connectivity index is 2.26. The minimum Gasteiger partial charge on any atom is -0.289 e. The highest BCUT2D eigenvalue weighted by Gasteiger charge is 2.08. The molecule has 94 valence electrons. The van der Waals surface area contributed by atoms with Crippen LogP contribution in [-0.2, 0) is 0 Å². The molecule has 0 unspecified atom stereocenters. The third kappa shape index (κ3) is 2.65. The van der Waals surface area contributed by atoms with Crippen LogP contribution in [0.2, 0.25) is 0 Å². The van der Waals surface area contributed by atoms with E-state index in [0.29, 0.717) is 0 Å². The number of nitrogens with zero attached hydrogens (tertiary/aromatic N) is 2. The lowest BCUT2D eigenvalue weighted by molar-refractivity contribution is 0.889. The van der Waals surface area contributed by atoms with Crippen molar-refractivity contribution in [1.29, 1.82) is 0 Å². The van der Waals surface area contributed by atoms with E-state index in [9.17, 15) is 0 Å². The highest BCUT2D eigenvalue weighted by Crippen LogP contribution is 2.21. The Morgan fingerprint density at radius 2 is 1.06 bits per heavy atom. The van der Waals surface area contributed by atoms with Crippen LogP contribution in [0.15, 0.2) is 48.5 Å². The number of hydrogen-bond acceptors (Lipinski definition) is 2. The average Bonchev–Trinajstić information content (AvgIpc) is 2.37. The van der Waals surface area contributed by atoms with E-state index in [2.05, 4.69) is 86.5 Å². The summed E-state index contributed by atoms with van der Waals surface area (Å²) in [5, 5.41) is 4.31. The molecule has 2 nitrogen and oxygen atoms in total. The second-order valence-electron chi connectivity index (χ2n) is 4.73. The Bertz CT molecular complexity index is 485. The van der Waals surface area contributed by atoms with E-state index in [1.54, 1.807) is 0 Å². The van der Waals surface area contributed by atoms with Crippen LogP contribution in [0.4, 0.5) is 11.4 Å². The summed E-state index contributed by atoms with van der Waals surface area (Å²) >= 11 is 0. The third-order valence-corrected chi connectivity index (χ3v) is 3.20. The molecule has 0 aliphatic heterocycles. The molecule has 2 aromatic rings. The van der Waals surface area contributed by atoms with Gasteiger partial charge in [0.1, 0.15) is 0 Å². The molecular weight excluding hydrogens is 220 g/mol. The first-order valence-electron chi connectivity index (χ1n) is 6.18. The largest absolute Gasteiger partial charge is 0.289 e. The lowest BCUT2D eigenvalue weighted by Gasteiger charge is -2.32. The lowest BCUT2D eigenvalue weighted by Crippen LogP contribution is -2.36. The summed E-state index contributed by atoms with van der Waals surface area (Å²) in [6, 6.07) is 17.0. The Morgan fingerprint density at radius 3 is 1.39 bits per heavy atom. The SMILES string of the molecule is Cc1cccc(N(C)N(C)c2cccc(C)c2)c1. The summed E-state index contributed by atoms with van der Waals surface area (Å²) in [6.45, 7) is 4.23. The van der Waals surface area contributed by atoms with Crippen molar-refractivity contribution in [1.82, 2.24) is 0 Å². The van der Waals surface area contributed by atoms with E-state index < -0.39 is 0 Å². The zero-order valence-corrected chi connectivity index (χ0v) is 11.5. The number of hydrogen-bond donors (Lipinski definition) is 0. The average molecular weight is 240 g/mol. The molecule has 0 fully saturated rings. The first-order valence-corrected chi connectivity index (χ1v) is 6.18. The zero-order valence-electron chi connectivity index (χ0n) is 11.5. The van der Waals surface area contributed by atoms with Crippen LogP contribution < -0.4 is 10.0 Å². The van der Waals surface area contributed by atoms with Crippen molar-refractivity contribution in [2.24, 2.45) is 0 Å². The molecule has 0 radical (unpaired) electrons. The predicted molar refractivity (Wildman–Crippen MR) is 79.2 cm³/mol. The van der Waals surface area contributed by atoms with Crippen LogP contribution in [0.3, 0.4) is 0 Å². The number of aryl methyl sites for hydroxylation is 2. The van der Waals surface area contributed by atoms with Gasteiger partial charge in [0.2, 0.25) is 0 Å². The maximum Gasteiger partial charge on any atom is 0.0573 e. The van der Waals surface area contributed by atoms with Crippen molar-refractivity contribution in [2.75, 3.05) is 24.1 Å². The molecule has 0 saturated carbocycles. The third-order valence-electron chi connectivity index (χ3n) is 3.20. The molecule has 0 heterocycles. The normalized spacial score (nSPS) is 10.2. The Hall–Kier alpha value is -1.96. The minimum absolute atomic E-state index is 1.19. The monoisotopic (exact) mass is 240 g/mol. The van der Waals surface area contributed by atoms with Gasteiger partial charge < -0.3 is 0 Å². The summed E-state index contributed by atoms with van der Waals surface area (Å²) in [7, 11) is 4.16. The standard InChI is InChI=1S/C16H20N2/c1-13-7-5-9-15(11-13)17(3)18(4)16-10-6-8-14(2)12-16/h5-12H,1-4H3. The van der Waals surface area contributed by atoms with Crippen LogP contribution in [0.5, 0.6) is 0 Å². The van der Waals surface area contributed by atoms with Crippen molar-refractivity contribution in [3.63, 3.8) is 0 Å². The smallest absolute Gasteiger partial charge is 0.0573 e. The molecule has 0 amide bonds. The molecule has 0 N–H and O–H groups in total. The second-order valence-corrected chi connectivity index (χ2v) is 4.73. The molecule has 18 heavy (non-hydrogen) atoms. The van der Waals surface area contributed by atoms with Gasteiger partial charge in [-0.3, -0.25) is 10.0 Å². The summed E-state index contributed by atoms with van der Waals surface area (Å²) in [6.07, 6.45) is 0. The summed E-state index contributed by atoms with van der Waals surface area (Å²) in [5.74, 6) is 0. The van der Waals surface area contributed by atoms with Gasteiger partial charge in [0.05, 0.1) is 11.4 Å². The number of hydrazine groups is 1. The zero-order chi connectivity index (χ0) is 13.1. The fraction of sp³-hybridized carbons (Fsp3) is 0.250. The molecule has 0 aliphatic rings. The van der Waals surface area contributed by atoms with Crippen LogP contribution in [0, 0.1) is 13.8 Å². The topological polar surface area (TPSA) is 6.48 Å². The van der Waals surface area contributed by atoms with E-state index in [0.717, 1.165) is 0 Å². The van der Waals surface area contributed by atoms with E-state index in [-0.39, 0.29) is 0 Å². The van der Waals surface area contributed by atoms with Crippen LogP contribution in [-0.4, -0.2) is 14.1 Å². The highest BCUT2D eigenvalue weighted by atomic mass is 15.6. The maximum absolute atomic E-state index is 2.19. The van der Waals surface area contributed by atoms with Crippen LogP contribution >= 0.6 is 0 Å². The Labute approximate surface area is 109 Å². The van der Waals surface area contributed by atoms with Gasteiger partial charge in [-0.2, -0.15) is 0 Å². The van der Waals surface area contributed by atoms with Crippen molar-refractivity contribution >= 4 is 11.4 Å². The highest BCUT2D eigenvalue weighted by molar-refractivity contribution is 5.57. The Morgan fingerprint density at radius 1 is 0.667 bits per heavy atom. The van der Waals surface area contributed by atoms with E-state index in [1.807, 2.05) is 0 Å². The van der Waals surface area contributed by atoms with Gasteiger partial charge in [0, 0.05) is 14.1 Å². The summed E-state index contributed by atoms with van der Waals surface area (Å²) < 4.78 is 0. The molecule has 2 heteroatoms. The molecule has 0 aromatic heterocycles. The fourth-order valence-corrected chi connectivity index (χ4v) is 2.00. The van der Waals surface area contributed by atoms with Crippen LogP contribution in [0.1, 0.15) is 11.1 Å². The minimum atomic E-state index is 1.19. The van der Waals surface area contributed by atoms with E-state index in [1.165, 1.54) is 22.5 Å². The van der Waals surface area contributed by atoms with Gasteiger partial charge in [-0.25, -0.2) is 0 Å². The molecule has 0 aliphatic carbocycles. The second kappa shape index (κ2) is 5.13. The summed E-state index contributed by atoms with van der Waals surface area (Å²) in [4.78, 5) is 0. The molecule has 2 rings (SSSR count). The van der Waals surface area contributed by atoms with Gasteiger partial charge in [0.15, 0.2) is 0 Å². The van der Waals surface area contributed by atoms with Crippen molar-refractivity contribution in [3.8, 4) is 0 Å². The first kappa shape index (κ1) is 12.5. The lowest BCUT2D eigenvalue weighted by atomic mass is 10.2. The predicted octanol–water partition coefficient (Wildman–Crippen LogP) is 3.79. The molecule has 0 saturated heterocycles. The molecule has 0 bridgehead atoms. The Kier molecular flexibility index (Phi) is 3.56. The van der Waals surface area contributed by atoms with Gasteiger partial charge in [0.25, 0.3) is 0 Å². The molecule has 2 aromatic carbocycles. The number of anilines is 2. The fourth-order valence-electron chi connectivity index (χ4n) is 2.00. The van der Waals surface area contributed by atoms with Crippen molar-refractivity contribution < 1.29 is 0 Å². The molecule has 0 atom stereocenters. The van der Waals surface area contributed by atoms with Gasteiger partial charge in [-0.05, 0) is 49.2 Å². The van der Waals surface area contributed by atoms with Crippen molar-refractivity contribution in [3.05, 3.63) is 59.7 Å². The summed E-state index contributed by atoms with van der Waals surface area (Å²) in [5.41, 5.74) is 4.94. The number of rotatable bonds is 3. The molecule has 0 spiro atoms. The van der Waals surface area contributed by atoms with Gasteiger partial charge >= 0.3 is 0 Å². The van der Waals surface area contributed by atoms with Crippen molar-refractivity contribution in [2.45, 2.75) is 13.8 Å². The number of benzene rings is 2. The quantitative estimate of drug-likeness (QED) is 0.753. The first-order chi connectivity index (χ1) is 8.58.